The van der Waals surface area contributed by atoms with E-state index in [4.69, 9.17) is 10.2 Å². The van der Waals surface area contributed by atoms with Crippen molar-refractivity contribution < 1.29 is 20.1 Å². The molecule has 0 saturated heterocycles. The lowest BCUT2D eigenvalue weighted by molar-refractivity contribution is -0.153. The molecule has 0 radical (unpaired) electrons. The molecule has 0 aliphatic carbocycles. The van der Waals surface area contributed by atoms with Crippen LogP contribution in [0.2, 0.25) is 0 Å². The van der Waals surface area contributed by atoms with Gasteiger partial charge < -0.3 is 15.3 Å². The second-order valence-corrected chi connectivity index (χ2v) is 3.33. The van der Waals surface area contributed by atoms with E-state index in [0.29, 0.717) is 13.8 Å². The van der Waals surface area contributed by atoms with Gasteiger partial charge in [-0.3, -0.25) is 0 Å². The molecular weight excluding hydrogens is 179 g/mol. The number of carboxylic acid groups (broad SMARTS) is 1. The maximum atomic E-state index is 10.2. The molecule has 3 unspecified atom stereocenters. The van der Waals surface area contributed by atoms with E-state index in [9.17, 15) is 9.90 Å². The van der Waals surface area contributed by atoms with Gasteiger partial charge in [0.25, 0.3) is 0 Å². The van der Waals surface area contributed by atoms with Crippen molar-refractivity contribution in [2.45, 2.75) is 12.2 Å². The number of carboxylic acids is 1. The van der Waals surface area contributed by atoms with E-state index in [1.165, 1.54) is 0 Å². The Balaban J connectivity index is 2.71. The molecule has 0 bridgehead atoms. The predicted octanol–water partition coefficient (Wildman–Crippen LogP) is 0.197. The minimum Gasteiger partial charge on any atom is -0.479 e. The number of rotatable bonds is 3. The molecule has 12 heavy (non-hydrogen) atoms. The summed E-state index contributed by atoms with van der Waals surface area (Å²) in [6.45, 7) is 0. The number of aliphatic carboxylic acids is 1. The number of hydrogen-bond donors (Lipinski definition) is 3. The Morgan fingerprint density at radius 1 is 1.50 bits per heavy atom. The van der Waals surface area contributed by atoms with Crippen LogP contribution >= 0.6 is 8.19 Å². The van der Waals surface area contributed by atoms with Gasteiger partial charge in [-0.15, -0.1) is 8.19 Å². The molecule has 0 aliphatic heterocycles. The zero-order chi connectivity index (χ0) is 9.14. The summed E-state index contributed by atoms with van der Waals surface area (Å²) in [4.78, 5) is 10.2. The van der Waals surface area contributed by atoms with Gasteiger partial charge in [0.15, 0.2) is 6.10 Å². The van der Waals surface area contributed by atoms with Gasteiger partial charge in [-0.1, -0.05) is 6.07 Å². The van der Waals surface area contributed by atoms with Crippen molar-refractivity contribution in [2.24, 2.45) is 0 Å². The molecule has 1 rings (SSSR count). The zero-order valence-electron chi connectivity index (χ0n) is 6.14. The van der Waals surface area contributed by atoms with Gasteiger partial charge in [-0.2, -0.15) is 0 Å². The third-order valence-electron chi connectivity index (χ3n) is 1.52. The smallest absolute Gasteiger partial charge is 0.335 e. The van der Waals surface area contributed by atoms with E-state index in [2.05, 4.69) is 0 Å². The molecule has 3 N–H and O–H groups in total. The van der Waals surface area contributed by atoms with Gasteiger partial charge in [-0.05, 0) is 17.2 Å². The van der Waals surface area contributed by atoms with E-state index in [-0.39, 0.29) is 0 Å². The fourth-order valence-corrected chi connectivity index (χ4v) is 1.68. The third-order valence-corrected chi connectivity index (χ3v) is 2.37. The molecular formula is C7H9O4P. The quantitative estimate of drug-likeness (QED) is 0.633. The second kappa shape index (κ2) is 3.72. The highest BCUT2D eigenvalue weighted by Gasteiger charge is 2.24. The van der Waals surface area contributed by atoms with Crippen molar-refractivity contribution in [3.63, 3.8) is 0 Å². The Morgan fingerprint density at radius 3 is 2.58 bits per heavy atom. The molecule has 1 aromatic rings. The number of aliphatic hydroxyl groups is 2. The van der Waals surface area contributed by atoms with Gasteiger partial charge >= 0.3 is 5.97 Å². The molecule has 4 nitrogen and oxygen atoms in total. The number of carbonyl (C=O) groups is 1. The van der Waals surface area contributed by atoms with E-state index in [1.807, 2.05) is 5.80 Å². The molecule has 0 aromatic carbocycles. The minimum absolute atomic E-state index is 0.461. The molecule has 0 fully saturated rings. The summed E-state index contributed by atoms with van der Waals surface area (Å²) >= 11 is 0. The Morgan fingerprint density at radius 2 is 2.17 bits per heavy atom. The Kier molecular flexibility index (Phi) is 2.87. The molecule has 66 valence electrons. The maximum absolute atomic E-state index is 10.2. The molecule has 0 aliphatic rings. The summed E-state index contributed by atoms with van der Waals surface area (Å²) in [5.74, 6) is 2.11. The van der Waals surface area contributed by atoms with Crippen molar-refractivity contribution in [3.05, 3.63) is 23.2 Å². The minimum atomic E-state index is -1.73. The van der Waals surface area contributed by atoms with Crippen molar-refractivity contribution in [1.82, 2.24) is 0 Å². The fourth-order valence-electron chi connectivity index (χ4n) is 0.838. The van der Waals surface area contributed by atoms with Crippen LogP contribution in [0.1, 0.15) is 11.7 Å². The van der Waals surface area contributed by atoms with E-state index in [1.54, 1.807) is 11.9 Å². The van der Waals surface area contributed by atoms with Gasteiger partial charge in [0.05, 0.1) is 0 Å². The first-order chi connectivity index (χ1) is 5.63. The summed E-state index contributed by atoms with van der Waals surface area (Å²) in [5.41, 5.74) is 0.475. The summed E-state index contributed by atoms with van der Waals surface area (Å²) in [5, 5.41) is 26.5. The zero-order valence-corrected chi connectivity index (χ0v) is 7.14. The highest BCUT2D eigenvalue weighted by Crippen LogP contribution is 2.21. The van der Waals surface area contributed by atoms with Gasteiger partial charge in [0, 0.05) is 0 Å². The molecule has 5 heteroatoms. The van der Waals surface area contributed by atoms with Crippen LogP contribution in [0.3, 0.4) is 0 Å². The molecule has 3 atom stereocenters. The van der Waals surface area contributed by atoms with Crippen LogP contribution in [0, 0.1) is 0 Å². The van der Waals surface area contributed by atoms with Gasteiger partial charge in [-0.25, -0.2) is 4.79 Å². The lowest BCUT2D eigenvalue weighted by atomic mass is 10.1. The highest BCUT2D eigenvalue weighted by atomic mass is 31.0. The van der Waals surface area contributed by atoms with Crippen molar-refractivity contribution >= 4 is 14.2 Å². The van der Waals surface area contributed by atoms with Crippen LogP contribution in [0.5, 0.6) is 0 Å². The molecule has 1 aromatic heterocycles. The Hall–Kier alpha value is -0.830. The summed E-state index contributed by atoms with van der Waals surface area (Å²) in [6.07, 6.45) is -3.04. The largest absolute Gasteiger partial charge is 0.479 e. The normalized spacial score (nSPS) is 16.2. The topological polar surface area (TPSA) is 77.8 Å². The summed E-state index contributed by atoms with van der Waals surface area (Å²) in [6, 6.07) is 1.62. The van der Waals surface area contributed by atoms with Gasteiger partial charge in [0.2, 0.25) is 0 Å². The predicted molar refractivity (Wildman–Crippen MR) is 44.5 cm³/mol. The summed E-state index contributed by atoms with van der Waals surface area (Å²) < 4.78 is 0. The maximum Gasteiger partial charge on any atom is 0.335 e. The van der Waals surface area contributed by atoms with Crippen LogP contribution in [0.25, 0.3) is 0 Å². The first kappa shape index (κ1) is 9.26. The van der Waals surface area contributed by atoms with Crippen LogP contribution in [-0.4, -0.2) is 27.4 Å². The second-order valence-electron chi connectivity index (χ2n) is 2.37. The fraction of sp³-hybridized carbons (Fsp3) is 0.286. The van der Waals surface area contributed by atoms with E-state index >= 15 is 0 Å². The molecule has 0 spiro atoms. The average Bonchev–Trinajstić information content (AvgIpc) is 2.53. The number of hydrogen-bond acceptors (Lipinski definition) is 3. The first-order valence-electron chi connectivity index (χ1n) is 3.34. The Labute approximate surface area is 70.6 Å². The SMILES string of the molecule is O=C(O)C(O)C(O)c1cc[pH]c1. The first-order valence-corrected chi connectivity index (χ1v) is 4.50. The van der Waals surface area contributed by atoms with Crippen LogP contribution < -0.4 is 0 Å². The lowest BCUT2D eigenvalue weighted by Gasteiger charge is -2.11. The monoisotopic (exact) mass is 188 g/mol. The van der Waals surface area contributed by atoms with Gasteiger partial charge in [0.1, 0.15) is 6.10 Å². The number of aliphatic hydroxyl groups excluding tert-OH is 2. The Bertz CT molecular complexity index is 256. The van der Waals surface area contributed by atoms with Crippen LogP contribution in [0.15, 0.2) is 17.7 Å². The average molecular weight is 188 g/mol. The van der Waals surface area contributed by atoms with Crippen LogP contribution in [0.4, 0.5) is 0 Å². The van der Waals surface area contributed by atoms with Crippen molar-refractivity contribution in [3.8, 4) is 0 Å². The van der Waals surface area contributed by atoms with Crippen molar-refractivity contribution in [2.75, 3.05) is 0 Å². The van der Waals surface area contributed by atoms with Crippen molar-refractivity contribution in [1.29, 1.82) is 0 Å². The third kappa shape index (κ3) is 1.85. The molecule has 1 heterocycles. The van der Waals surface area contributed by atoms with E-state index in [0.717, 1.165) is 0 Å². The molecule has 0 amide bonds. The standard InChI is InChI=1S/C7H9O4P/c8-5(6(9)7(10)11)4-1-2-12-3-4/h1-3,5-6,8-9,12H,(H,10,11). The van der Waals surface area contributed by atoms with E-state index < -0.39 is 18.2 Å². The van der Waals surface area contributed by atoms with Crippen LogP contribution in [-0.2, 0) is 4.79 Å². The molecule has 0 saturated carbocycles. The summed E-state index contributed by atoms with van der Waals surface area (Å²) in [7, 11) is 0.461. The highest BCUT2D eigenvalue weighted by molar-refractivity contribution is 7.28. The lowest BCUT2D eigenvalue weighted by Crippen LogP contribution is -2.27.